The molecule has 0 spiro atoms. The van der Waals surface area contributed by atoms with Crippen LogP contribution in [0.2, 0.25) is 0 Å². The third-order valence-electron chi connectivity index (χ3n) is 3.96. The van der Waals surface area contributed by atoms with Crippen molar-refractivity contribution in [3.63, 3.8) is 0 Å². The predicted molar refractivity (Wildman–Crippen MR) is 82.6 cm³/mol. The molecule has 0 bridgehead atoms. The molecular weight excluding hydrogens is 337 g/mol. The zero-order valence-corrected chi connectivity index (χ0v) is 13.2. The second-order valence-electron chi connectivity index (χ2n) is 5.39. The highest BCUT2D eigenvalue weighted by atomic mass is 19.2. The summed E-state index contributed by atoms with van der Waals surface area (Å²) >= 11 is 0. The fourth-order valence-corrected chi connectivity index (χ4v) is 2.78. The van der Waals surface area contributed by atoms with Gasteiger partial charge in [0.25, 0.3) is 0 Å². The molecule has 0 saturated heterocycles. The zero-order valence-electron chi connectivity index (χ0n) is 13.2. The summed E-state index contributed by atoms with van der Waals surface area (Å²) < 4.78 is 39.6. The van der Waals surface area contributed by atoms with E-state index in [1.165, 1.54) is 12.1 Å². The fourth-order valence-electron chi connectivity index (χ4n) is 2.78. The summed E-state index contributed by atoms with van der Waals surface area (Å²) in [6.45, 7) is 0. The van der Waals surface area contributed by atoms with Crippen LogP contribution < -0.4 is 0 Å². The van der Waals surface area contributed by atoms with Gasteiger partial charge in [-0.3, -0.25) is 9.59 Å². The standard InChI is InChI=1S/C17H11F3O3.CH4O/c18-12-5-8(6-13(19)15(12)20)16(22)11-7-14(21)9-3-1-2-4-10(9)17(11)23;1-2/h1-6,11,16,22H,7H2;2H,1H3. The largest absolute Gasteiger partial charge is 0.400 e. The highest BCUT2D eigenvalue weighted by Gasteiger charge is 2.37. The Morgan fingerprint density at radius 3 is 2.08 bits per heavy atom. The minimum absolute atomic E-state index is 0.163. The van der Waals surface area contributed by atoms with E-state index in [9.17, 15) is 27.9 Å². The van der Waals surface area contributed by atoms with Gasteiger partial charge >= 0.3 is 0 Å². The summed E-state index contributed by atoms with van der Waals surface area (Å²) in [7, 11) is 1.00. The number of carbonyl (C=O) groups is 2. The third-order valence-corrected chi connectivity index (χ3v) is 3.96. The first-order valence-corrected chi connectivity index (χ1v) is 7.34. The lowest BCUT2D eigenvalue weighted by Crippen LogP contribution is -2.31. The molecule has 4 nitrogen and oxygen atoms in total. The smallest absolute Gasteiger partial charge is 0.194 e. The number of ketones is 2. The van der Waals surface area contributed by atoms with Gasteiger partial charge in [0.1, 0.15) is 0 Å². The first-order chi connectivity index (χ1) is 11.9. The van der Waals surface area contributed by atoms with Gasteiger partial charge in [0.15, 0.2) is 29.0 Å². The molecule has 132 valence electrons. The van der Waals surface area contributed by atoms with Gasteiger partial charge in [-0.1, -0.05) is 24.3 Å². The van der Waals surface area contributed by atoms with Crippen molar-refractivity contribution in [1.82, 2.24) is 0 Å². The molecule has 1 aliphatic rings. The minimum atomic E-state index is -1.66. The number of rotatable bonds is 2. The van der Waals surface area contributed by atoms with E-state index in [-0.39, 0.29) is 28.9 Å². The Balaban J connectivity index is 0.00000109. The van der Waals surface area contributed by atoms with Crippen molar-refractivity contribution in [1.29, 1.82) is 0 Å². The maximum atomic E-state index is 13.3. The lowest BCUT2D eigenvalue weighted by Gasteiger charge is -2.26. The normalized spacial score (nSPS) is 17.4. The molecule has 0 amide bonds. The summed E-state index contributed by atoms with van der Waals surface area (Å²) in [5, 5.41) is 17.3. The van der Waals surface area contributed by atoms with Crippen LogP contribution in [-0.2, 0) is 0 Å². The highest BCUT2D eigenvalue weighted by molar-refractivity contribution is 6.15. The van der Waals surface area contributed by atoms with Crippen molar-refractivity contribution in [3.8, 4) is 0 Å². The first-order valence-electron chi connectivity index (χ1n) is 7.34. The van der Waals surface area contributed by atoms with E-state index in [1.54, 1.807) is 12.1 Å². The molecule has 0 aliphatic heterocycles. The second-order valence-corrected chi connectivity index (χ2v) is 5.39. The lowest BCUT2D eigenvalue weighted by atomic mass is 9.77. The summed E-state index contributed by atoms with van der Waals surface area (Å²) in [5.74, 6) is -6.58. The van der Waals surface area contributed by atoms with Crippen molar-refractivity contribution >= 4 is 11.6 Å². The van der Waals surface area contributed by atoms with Gasteiger partial charge in [-0.2, -0.15) is 0 Å². The van der Waals surface area contributed by atoms with E-state index in [0.29, 0.717) is 12.1 Å². The Kier molecular flexibility index (Phi) is 5.71. The van der Waals surface area contributed by atoms with Crippen LogP contribution in [0.25, 0.3) is 0 Å². The summed E-state index contributed by atoms with van der Waals surface area (Å²) in [6.07, 6.45) is -1.89. The molecule has 2 unspecified atom stereocenters. The Hall–Kier alpha value is -2.51. The van der Waals surface area contributed by atoms with E-state index in [1.807, 2.05) is 0 Å². The van der Waals surface area contributed by atoms with Gasteiger partial charge < -0.3 is 10.2 Å². The molecule has 2 atom stereocenters. The maximum Gasteiger partial charge on any atom is 0.194 e. The molecule has 7 heteroatoms. The van der Waals surface area contributed by atoms with Gasteiger partial charge in [0, 0.05) is 24.7 Å². The van der Waals surface area contributed by atoms with Gasteiger partial charge in [-0.05, 0) is 17.7 Å². The zero-order chi connectivity index (χ0) is 18.7. The van der Waals surface area contributed by atoms with Gasteiger partial charge in [0.05, 0.1) is 12.0 Å². The first kappa shape index (κ1) is 18.8. The molecule has 3 rings (SSSR count). The number of aliphatic hydroxyl groups excluding tert-OH is 2. The molecule has 25 heavy (non-hydrogen) atoms. The monoisotopic (exact) mass is 352 g/mol. The number of hydrogen-bond donors (Lipinski definition) is 2. The molecule has 0 radical (unpaired) electrons. The number of Topliss-reactive ketones (excluding diaryl/α,β-unsaturated/α-hetero) is 2. The topological polar surface area (TPSA) is 74.6 Å². The number of benzene rings is 2. The summed E-state index contributed by atoms with van der Waals surface area (Å²) in [6, 6.07) is 7.42. The van der Waals surface area contributed by atoms with Gasteiger partial charge in [-0.25, -0.2) is 13.2 Å². The third kappa shape index (κ3) is 3.47. The molecule has 1 aliphatic carbocycles. The van der Waals surface area contributed by atoms with Gasteiger partial charge in [-0.15, -0.1) is 0 Å². The molecule has 0 heterocycles. The Morgan fingerprint density at radius 2 is 1.52 bits per heavy atom. The SMILES string of the molecule is CO.O=C1CC(C(O)c2cc(F)c(F)c(F)c2)C(=O)c2ccccc21. The summed E-state index contributed by atoms with van der Waals surface area (Å²) in [5.41, 5.74) is 0.139. The average molecular weight is 352 g/mol. The van der Waals surface area contributed by atoms with Crippen LogP contribution in [0.5, 0.6) is 0 Å². The molecular formula is C18H15F3O4. The van der Waals surface area contributed by atoms with Crippen molar-refractivity contribution in [2.24, 2.45) is 5.92 Å². The van der Waals surface area contributed by atoms with Crippen LogP contribution in [-0.4, -0.2) is 28.9 Å². The maximum absolute atomic E-state index is 13.3. The van der Waals surface area contributed by atoms with E-state index in [4.69, 9.17) is 5.11 Å². The highest BCUT2D eigenvalue weighted by Crippen LogP contribution is 2.35. The van der Waals surface area contributed by atoms with Gasteiger partial charge in [0.2, 0.25) is 0 Å². The van der Waals surface area contributed by atoms with E-state index in [0.717, 1.165) is 7.11 Å². The molecule has 2 aromatic rings. The van der Waals surface area contributed by atoms with Crippen molar-refractivity contribution in [3.05, 3.63) is 70.5 Å². The molecule has 0 saturated carbocycles. The fraction of sp³-hybridized carbons (Fsp3) is 0.222. The molecule has 0 fully saturated rings. The Morgan fingerprint density at radius 1 is 1.00 bits per heavy atom. The van der Waals surface area contributed by atoms with Crippen LogP contribution in [0, 0.1) is 23.4 Å². The van der Waals surface area contributed by atoms with Crippen LogP contribution in [0.3, 0.4) is 0 Å². The quantitative estimate of drug-likeness (QED) is 0.815. The van der Waals surface area contributed by atoms with Crippen molar-refractivity contribution in [2.45, 2.75) is 12.5 Å². The van der Waals surface area contributed by atoms with Crippen LogP contribution >= 0.6 is 0 Å². The lowest BCUT2D eigenvalue weighted by molar-refractivity contribution is 0.0585. The average Bonchev–Trinajstić information content (AvgIpc) is 2.63. The molecule has 2 N–H and O–H groups in total. The minimum Gasteiger partial charge on any atom is -0.400 e. The number of carbonyl (C=O) groups excluding carboxylic acids is 2. The molecule has 2 aromatic carbocycles. The summed E-state index contributed by atoms with van der Waals surface area (Å²) in [4.78, 5) is 24.5. The number of hydrogen-bond acceptors (Lipinski definition) is 4. The Bertz CT molecular complexity index is 797. The number of fused-ring (bicyclic) bond motifs is 1. The predicted octanol–water partition coefficient (Wildman–Crippen LogP) is 2.83. The second kappa shape index (κ2) is 7.58. The van der Waals surface area contributed by atoms with Crippen molar-refractivity contribution < 1.29 is 33.0 Å². The number of aliphatic hydroxyl groups is 2. The number of halogens is 3. The molecule has 0 aromatic heterocycles. The Labute approximate surface area is 141 Å². The van der Waals surface area contributed by atoms with E-state index in [2.05, 4.69) is 0 Å². The van der Waals surface area contributed by atoms with E-state index >= 15 is 0 Å². The van der Waals surface area contributed by atoms with Crippen molar-refractivity contribution in [2.75, 3.05) is 7.11 Å². The van der Waals surface area contributed by atoms with Crippen LogP contribution in [0.1, 0.15) is 38.8 Å². The van der Waals surface area contributed by atoms with Crippen LogP contribution in [0.15, 0.2) is 36.4 Å². The van der Waals surface area contributed by atoms with E-state index < -0.39 is 35.3 Å². The van der Waals surface area contributed by atoms with Crippen LogP contribution in [0.4, 0.5) is 13.2 Å².